The van der Waals surface area contributed by atoms with Crippen molar-refractivity contribution in [1.82, 2.24) is 10.6 Å². The third-order valence-electron chi connectivity index (χ3n) is 4.55. The summed E-state index contributed by atoms with van der Waals surface area (Å²) in [5, 5.41) is 11.1. The smallest absolute Gasteiger partial charge is 0.231 e. The van der Waals surface area contributed by atoms with E-state index in [1.165, 1.54) is 25.7 Å². The average molecular weight is 305 g/mol. The van der Waals surface area contributed by atoms with Crippen molar-refractivity contribution in [3.63, 3.8) is 0 Å². The maximum absolute atomic E-state index is 5.44. The van der Waals surface area contributed by atoms with Crippen LogP contribution in [0.15, 0.2) is 18.2 Å². The molecule has 3 atom stereocenters. The monoisotopic (exact) mass is 305 g/mol. The molecule has 2 fully saturated rings. The van der Waals surface area contributed by atoms with E-state index in [0.717, 1.165) is 22.3 Å². The second-order valence-electron chi connectivity index (χ2n) is 5.86. The molecule has 0 spiro atoms. The molecule has 0 amide bonds. The van der Waals surface area contributed by atoms with Gasteiger partial charge in [-0.3, -0.25) is 0 Å². The highest BCUT2D eigenvalue weighted by Crippen LogP contribution is 2.35. The molecule has 1 aliphatic carbocycles. The molecule has 1 aromatic rings. The van der Waals surface area contributed by atoms with Gasteiger partial charge in [-0.1, -0.05) is 12.8 Å². The van der Waals surface area contributed by atoms with E-state index < -0.39 is 0 Å². The molecule has 2 aliphatic heterocycles. The first kappa shape index (κ1) is 13.0. The maximum atomic E-state index is 5.44. The molecule has 3 N–H and O–H groups in total. The number of hydrogen-bond donors (Lipinski definition) is 3. The van der Waals surface area contributed by atoms with Gasteiger partial charge >= 0.3 is 0 Å². The number of nitrogens with one attached hydrogen (secondary N) is 3. The minimum atomic E-state index is 0.171. The zero-order valence-corrected chi connectivity index (χ0v) is 12.5. The van der Waals surface area contributed by atoms with Crippen LogP contribution in [0.4, 0.5) is 5.69 Å². The lowest BCUT2D eigenvalue weighted by molar-refractivity contribution is 0.174. The highest BCUT2D eigenvalue weighted by atomic mass is 32.1. The Bertz CT molecular complexity index is 566. The summed E-state index contributed by atoms with van der Waals surface area (Å²) in [7, 11) is 0. The van der Waals surface area contributed by atoms with E-state index >= 15 is 0 Å². The molecule has 3 aliphatic rings. The van der Waals surface area contributed by atoms with Gasteiger partial charge in [0.2, 0.25) is 6.79 Å². The zero-order valence-electron chi connectivity index (χ0n) is 11.7. The molecule has 1 saturated carbocycles. The van der Waals surface area contributed by atoms with E-state index in [2.05, 4.69) is 16.0 Å². The number of benzene rings is 1. The second-order valence-corrected chi connectivity index (χ2v) is 6.27. The third kappa shape index (κ3) is 2.48. The number of hydrogen-bond acceptors (Lipinski definition) is 4. The van der Waals surface area contributed by atoms with Gasteiger partial charge in [0.15, 0.2) is 16.6 Å². The Labute approximate surface area is 129 Å². The average Bonchev–Trinajstić information content (AvgIpc) is 2.94. The van der Waals surface area contributed by atoms with Crippen molar-refractivity contribution in [3.8, 4) is 11.5 Å². The Kier molecular flexibility index (Phi) is 3.25. The summed E-state index contributed by atoms with van der Waals surface area (Å²) in [4.78, 5) is 0. The summed E-state index contributed by atoms with van der Waals surface area (Å²) in [6, 6.07) is 6.45. The fraction of sp³-hybridized carbons (Fsp3) is 0.533. The van der Waals surface area contributed by atoms with Gasteiger partial charge in [0.1, 0.15) is 6.17 Å². The molecule has 1 saturated heterocycles. The topological polar surface area (TPSA) is 54.5 Å². The fourth-order valence-electron chi connectivity index (χ4n) is 3.51. The van der Waals surface area contributed by atoms with Gasteiger partial charge in [0.25, 0.3) is 0 Å². The van der Waals surface area contributed by atoms with Crippen LogP contribution in [0.25, 0.3) is 0 Å². The molecule has 21 heavy (non-hydrogen) atoms. The van der Waals surface area contributed by atoms with Crippen molar-refractivity contribution < 1.29 is 9.47 Å². The molecular formula is C15H19N3O2S. The summed E-state index contributed by atoms with van der Waals surface area (Å²) in [6.45, 7) is 0.305. The molecule has 0 bridgehead atoms. The largest absolute Gasteiger partial charge is 0.454 e. The number of rotatable bonds is 2. The van der Waals surface area contributed by atoms with Gasteiger partial charge in [0.05, 0.1) is 0 Å². The van der Waals surface area contributed by atoms with Gasteiger partial charge in [-0.25, -0.2) is 0 Å². The summed E-state index contributed by atoms with van der Waals surface area (Å²) in [5.41, 5.74) is 1.03. The van der Waals surface area contributed by atoms with Crippen molar-refractivity contribution in [2.45, 2.75) is 37.9 Å². The molecule has 4 rings (SSSR count). The lowest BCUT2D eigenvalue weighted by atomic mass is 9.81. The predicted octanol–water partition coefficient (Wildman–Crippen LogP) is 2.19. The van der Waals surface area contributed by atoms with E-state index in [1.807, 2.05) is 18.2 Å². The van der Waals surface area contributed by atoms with Crippen LogP contribution < -0.4 is 25.4 Å². The van der Waals surface area contributed by atoms with Crippen LogP contribution >= 0.6 is 12.2 Å². The van der Waals surface area contributed by atoms with E-state index in [-0.39, 0.29) is 6.17 Å². The molecular weight excluding hydrogens is 286 g/mol. The molecule has 3 unspecified atom stereocenters. The Balaban J connectivity index is 1.53. The van der Waals surface area contributed by atoms with Crippen molar-refractivity contribution in [1.29, 1.82) is 0 Å². The van der Waals surface area contributed by atoms with Crippen LogP contribution in [0.1, 0.15) is 25.7 Å². The van der Waals surface area contributed by atoms with E-state index in [0.29, 0.717) is 18.8 Å². The first-order valence-corrected chi connectivity index (χ1v) is 7.94. The van der Waals surface area contributed by atoms with Gasteiger partial charge in [-0.05, 0) is 37.2 Å². The van der Waals surface area contributed by atoms with Crippen LogP contribution in [0, 0.1) is 5.92 Å². The van der Waals surface area contributed by atoms with Crippen LogP contribution in [0.2, 0.25) is 0 Å². The van der Waals surface area contributed by atoms with Crippen LogP contribution in [0.5, 0.6) is 11.5 Å². The molecule has 0 radical (unpaired) electrons. The SMILES string of the molecule is S=C1NC2CCCCC2C(Nc2ccc3c(c2)OCO3)N1. The first-order chi connectivity index (χ1) is 10.3. The molecule has 6 heteroatoms. The molecule has 1 aromatic carbocycles. The Morgan fingerprint density at radius 2 is 1.95 bits per heavy atom. The standard InChI is InChI=1S/C15H19N3O2S/c21-15-17-11-4-2-1-3-10(11)14(18-15)16-9-5-6-12-13(7-9)20-8-19-12/h5-7,10-11,14,16H,1-4,8H2,(H2,17,18,21). The third-order valence-corrected chi connectivity index (χ3v) is 4.78. The lowest BCUT2D eigenvalue weighted by Gasteiger charge is -2.43. The van der Waals surface area contributed by atoms with Gasteiger partial charge in [-0.2, -0.15) is 0 Å². The Morgan fingerprint density at radius 1 is 1.10 bits per heavy atom. The minimum absolute atomic E-state index is 0.171. The first-order valence-electron chi connectivity index (χ1n) is 7.53. The van der Waals surface area contributed by atoms with E-state index in [1.54, 1.807) is 0 Å². The number of fused-ring (bicyclic) bond motifs is 2. The van der Waals surface area contributed by atoms with Crippen LogP contribution in [-0.4, -0.2) is 24.1 Å². The molecule has 112 valence electrons. The highest BCUT2D eigenvalue weighted by molar-refractivity contribution is 7.80. The van der Waals surface area contributed by atoms with Crippen molar-refractivity contribution >= 4 is 23.0 Å². The van der Waals surface area contributed by atoms with E-state index in [4.69, 9.17) is 21.7 Å². The van der Waals surface area contributed by atoms with Crippen LogP contribution in [-0.2, 0) is 0 Å². The quantitative estimate of drug-likeness (QED) is 0.728. The number of thiocarbonyl (C=S) groups is 1. The Hall–Kier alpha value is -1.69. The van der Waals surface area contributed by atoms with Gasteiger partial charge in [-0.15, -0.1) is 0 Å². The normalized spacial score (nSPS) is 30.1. The summed E-state index contributed by atoms with van der Waals surface area (Å²) in [6.07, 6.45) is 5.16. The molecule has 0 aromatic heterocycles. The van der Waals surface area contributed by atoms with Gasteiger partial charge in [0, 0.05) is 23.7 Å². The predicted molar refractivity (Wildman–Crippen MR) is 84.6 cm³/mol. The van der Waals surface area contributed by atoms with Crippen molar-refractivity contribution in [3.05, 3.63) is 18.2 Å². The van der Waals surface area contributed by atoms with Gasteiger partial charge < -0.3 is 25.4 Å². The van der Waals surface area contributed by atoms with Crippen molar-refractivity contribution in [2.75, 3.05) is 12.1 Å². The maximum Gasteiger partial charge on any atom is 0.231 e. The van der Waals surface area contributed by atoms with E-state index in [9.17, 15) is 0 Å². The zero-order chi connectivity index (χ0) is 14.2. The Morgan fingerprint density at radius 3 is 2.90 bits per heavy atom. The lowest BCUT2D eigenvalue weighted by Crippen LogP contribution is -2.63. The van der Waals surface area contributed by atoms with Crippen molar-refractivity contribution in [2.24, 2.45) is 5.92 Å². The summed E-state index contributed by atoms with van der Waals surface area (Å²) in [5.74, 6) is 2.16. The number of anilines is 1. The fourth-order valence-corrected chi connectivity index (χ4v) is 3.78. The van der Waals surface area contributed by atoms with Crippen LogP contribution in [0.3, 0.4) is 0 Å². The minimum Gasteiger partial charge on any atom is -0.454 e. The number of ether oxygens (including phenoxy) is 2. The summed E-state index contributed by atoms with van der Waals surface area (Å²) < 4.78 is 10.8. The highest BCUT2D eigenvalue weighted by Gasteiger charge is 2.36. The second kappa shape index (κ2) is 5.26. The molecule has 2 heterocycles. The molecule has 5 nitrogen and oxygen atoms in total. The summed E-state index contributed by atoms with van der Waals surface area (Å²) >= 11 is 5.34.